The third kappa shape index (κ3) is 4.46. The number of hydrogen-bond acceptors (Lipinski definition) is 3. The molecule has 4 nitrogen and oxygen atoms in total. The lowest BCUT2D eigenvalue weighted by molar-refractivity contribution is -0.134. The van der Waals surface area contributed by atoms with Gasteiger partial charge in [-0.05, 0) is 37.0 Å². The van der Waals surface area contributed by atoms with Gasteiger partial charge in [0.1, 0.15) is 5.75 Å². The van der Waals surface area contributed by atoms with Crippen molar-refractivity contribution in [2.24, 2.45) is 5.73 Å². The Morgan fingerprint density at radius 2 is 2.05 bits per heavy atom. The number of nitrogens with zero attached hydrogens (tertiary/aromatic N) is 1. The number of nitrogens with two attached hydrogens (primary N) is 1. The molecule has 0 bridgehead atoms. The Morgan fingerprint density at radius 3 is 2.57 bits per heavy atom. The van der Waals surface area contributed by atoms with Crippen molar-refractivity contribution in [1.29, 1.82) is 0 Å². The summed E-state index contributed by atoms with van der Waals surface area (Å²) in [6, 6.07) is 7.91. The summed E-state index contributed by atoms with van der Waals surface area (Å²) >= 11 is 0. The van der Waals surface area contributed by atoms with Crippen LogP contribution in [0, 0.1) is 0 Å². The third-order valence-electron chi connectivity index (χ3n) is 3.97. The Bertz CT molecular complexity index is 454. The molecule has 0 heterocycles. The Morgan fingerprint density at radius 1 is 1.38 bits per heavy atom. The molecule has 116 valence electrons. The highest BCUT2D eigenvalue weighted by Gasteiger charge is 2.34. The van der Waals surface area contributed by atoms with Crippen LogP contribution in [0.15, 0.2) is 24.3 Å². The molecule has 2 N–H and O–H groups in total. The van der Waals surface area contributed by atoms with E-state index >= 15 is 0 Å². The average Bonchev–Trinajstić information content (AvgIpc) is 3.34. The van der Waals surface area contributed by atoms with Crippen molar-refractivity contribution in [3.63, 3.8) is 0 Å². The topological polar surface area (TPSA) is 55.6 Å². The van der Waals surface area contributed by atoms with E-state index in [1.807, 2.05) is 29.2 Å². The molecule has 1 aliphatic rings. The molecule has 1 amide bonds. The fourth-order valence-corrected chi connectivity index (χ4v) is 2.46. The molecule has 21 heavy (non-hydrogen) atoms. The van der Waals surface area contributed by atoms with Crippen molar-refractivity contribution in [1.82, 2.24) is 4.90 Å². The monoisotopic (exact) mass is 290 g/mol. The van der Waals surface area contributed by atoms with Crippen molar-refractivity contribution in [2.75, 3.05) is 7.11 Å². The van der Waals surface area contributed by atoms with E-state index in [1.165, 1.54) is 0 Å². The van der Waals surface area contributed by atoms with Crippen molar-refractivity contribution in [3.8, 4) is 5.75 Å². The predicted molar refractivity (Wildman–Crippen MR) is 84.1 cm³/mol. The van der Waals surface area contributed by atoms with Gasteiger partial charge in [0, 0.05) is 12.6 Å². The van der Waals surface area contributed by atoms with Crippen LogP contribution in [0.4, 0.5) is 0 Å². The van der Waals surface area contributed by atoms with E-state index < -0.39 is 0 Å². The van der Waals surface area contributed by atoms with Gasteiger partial charge < -0.3 is 15.4 Å². The molecular formula is C17H26N2O2. The number of rotatable bonds is 8. The Balaban J connectivity index is 1.99. The lowest BCUT2D eigenvalue weighted by atomic mass is 10.1. The molecule has 0 radical (unpaired) electrons. The number of ether oxygens (including phenoxy) is 1. The van der Waals surface area contributed by atoms with E-state index in [4.69, 9.17) is 10.5 Å². The van der Waals surface area contributed by atoms with Gasteiger partial charge in [0.05, 0.1) is 13.2 Å². The van der Waals surface area contributed by atoms with Crippen LogP contribution in [0.3, 0.4) is 0 Å². The summed E-state index contributed by atoms with van der Waals surface area (Å²) in [6.07, 6.45) is 5.06. The Labute approximate surface area is 127 Å². The standard InChI is InChI=1S/C17H26N2O2/c1-3-4-5-16(18)17(20)19(14-8-9-14)12-13-6-10-15(21-2)11-7-13/h6-7,10-11,14,16H,3-5,8-9,12,18H2,1-2H3. The van der Waals surface area contributed by atoms with Crippen LogP contribution in [0.25, 0.3) is 0 Å². The van der Waals surface area contributed by atoms with Crippen molar-refractivity contribution in [3.05, 3.63) is 29.8 Å². The number of benzene rings is 1. The zero-order valence-corrected chi connectivity index (χ0v) is 13.0. The molecule has 1 unspecified atom stereocenters. The highest BCUT2D eigenvalue weighted by molar-refractivity contribution is 5.82. The Hall–Kier alpha value is -1.55. The van der Waals surface area contributed by atoms with Gasteiger partial charge in [0.15, 0.2) is 0 Å². The van der Waals surface area contributed by atoms with Crippen molar-refractivity contribution in [2.45, 2.75) is 57.7 Å². The number of unbranched alkanes of at least 4 members (excludes halogenated alkanes) is 1. The van der Waals surface area contributed by atoms with Crippen molar-refractivity contribution < 1.29 is 9.53 Å². The van der Waals surface area contributed by atoms with Crippen LogP contribution in [-0.4, -0.2) is 30.0 Å². The van der Waals surface area contributed by atoms with E-state index in [2.05, 4.69) is 6.92 Å². The molecule has 1 aliphatic carbocycles. The molecule has 1 saturated carbocycles. The Kier molecular flexibility index (Phi) is 5.62. The molecule has 4 heteroatoms. The van der Waals surface area contributed by atoms with E-state index in [0.29, 0.717) is 12.6 Å². The number of amides is 1. The maximum Gasteiger partial charge on any atom is 0.240 e. The lowest BCUT2D eigenvalue weighted by Crippen LogP contribution is -2.44. The van der Waals surface area contributed by atoms with Crippen LogP contribution < -0.4 is 10.5 Å². The van der Waals surface area contributed by atoms with Gasteiger partial charge >= 0.3 is 0 Å². The zero-order valence-electron chi connectivity index (χ0n) is 13.0. The fraction of sp³-hybridized carbons (Fsp3) is 0.588. The maximum absolute atomic E-state index is 12.5. The van der Waals surface area contributed by atoms with Gasteiger partial charge in [-0.15, -0.1) is 0 Å². The van der Waals surface area contributed by atoms with Crippen LogP contribution >= 0.6 is 0 Å². The fourth-order valence-electron chi connectivity index (χ4n) is 2.46. The lowest BCUT2D eigenvalue weighted by Gasteiger charge is -2.26. The smallest absolute Gasteiger partial charge is 0.240 e. The molecule has 0 aromatic heterocycles. The molecule has 1 atom stereocenters. The van der Waals surface area contributed by atoms with Crippen LogP contribution in [0.5, 0.6) is 5.75 Å². The molecule has 2 rings (SSSR count). The molecule has 0 spiro atoms. The third-order valence-corrected chi connectivity index (χ3v) is 3.97. The maximum atomic E-state index is 12.5. The second kappa shape index (κ2) is 7.46. The first kappa shape index (κ1) is 15.8. The van der Waals surface area contributed by atoms with Crippen molar-refractivity contribution >= 4 is 5.91 Å². The molecule has 1 aromatic carbocycles. The molecule has 1 aromatic rings. The highest BCUT2D eigenvalue weighted by atomic mass is 16.5. The summed E-state index contributed by atoms with van der Waals surface area (Å²) in [5.41, 5.74) is 7.18. The molecule has 1 fully saturated rings. The van der Waals surface area contributed by atoms with Crippen LogP contribution in [0.2, 0.25) is 0 Å². The van der Waals surface area contributed by atoms with E-state index in [0.717, 1.165) is 43.4 Å². The summed E-state index contributed by atoms with van der Waals surface area (Å²) in [5.74, 6) is 0.935. The summed E-state index contributed by atoms with van der Waals surface area (Å²) < 4.78 is 5.16. The van der Waals surface area contributed by atoms with Gasteiger partial charge in [0.2, 0.25) is 5.91 Å². The number of methoxy groups -OCH3 is 1. The number of carbonyl (C=O) groups is 1. The first-order valence-corrected chi connectivity index (χ1v) is 7.84. The van der Waals surface area contributed by atoms with Crippen LogP contribution in [-0.2, 0) is 11.3 Å². The number of hydrogen-bond donors (Lipinski definition) is 1. The molecule has 0 saturated heterocycles. The highest BCUT2D eigenvalue weighted by Crippen LogP contribution is 2.29. The minimum Gasteiger partial charge on any atom is -0.497 e. The minimum absolute atomic E-state index is 0.0989. The second-order valence-electron chi connectivity index (χ2n) is 5.79. The van der Waals surface area contributed by atoms with Gasteiger partial charge in [-0.2, -0.15) is 0 Å². The summed E-state index contributed by atoms with van der Waals surface area (Å²) in [5, 5.41) is 0. The quantitative estimate of drug-likeness (QED) is 0.801. The van der Waals surface area contributed by atoms with Gasteiger partial charge in [-0.3, -0.25) is 4.79 Å². The first-order valence-electron chi connectivity index (χ1n) is 7.84. The van der Waals surface area contributed by atoms with Crippen LogP contribution in [0.1, 0.15) is 44.6 Å². The summed E-state index contributed by atoms with van der Waals surface area (Å²) in [6.45, 7) is 2.76. The molecular weight excluding hydrogens is 264 g/mol. The van der Waals surface area contributed by atoms with Gasteiger partial charge in [-0.25, -0.2) is 0 Å². The summed E-state index contributed by atoms with van der Waals surface area (Å²) in [7, 11) is 1.65. The average molecular weight is 290 g/mol. The largest absolute Gasteiger partial charge is 0.497 e. The number of carbonyl (C=O) groups excluding carboxylic acids is 1. The van der Waals surface area contributed by atoms with Gasteiger partial charge in [0.25, 0.3) is 0 Å². The zero-order chi connectivity index (χ0) is 15.2. The normalized spacial score (nSPS) is 15.6. The SMILES string of the molecule is CCCCC(N)C(=O)N(Cc1ccc(OC)cc1)C1CC1. The van der Waals surface area contributed by atoms with E-state index in [9.17, 15) is 4.79 Å². The summed E-state index contributed by atoms with van der Waals surface area (Å²) in [4.78, 5) is 14.5. The minimum atomic E-state index is -0.358. The van der Waals surface area contributed by atoms with E-state index in [-0.39, 0.29) is 11.9 Å². The van der Waals surface area contributed by atoms with E-state index in [1.54, 1.807) is 7.11 Å². The first-order chi connectivity index (χ1) is 10.2. The predicted octanol–water partition coefficient (Wildman–Crippen LogP) is 2.70. The molecule has 0 aliphatic heterocycles. The second-order valence-corrected chi connectivity index (χ2v) is 5.79. The van der Waals surface area contributed by atoms with Gasteiger partial charge in [-0.1, -0.05) is 31.9 Å².